The summed E-state index contributed by atoms with van der Waals surface area (Å²) in [4.78, 5) is 16.2. The van der Waals surface area contributed by atoms with E-state index >= 15 is 0 Å². The van der Waals surface area contributed by atoms with E-state index in [-0.39, 0.29) is 0 Å². The van der Waals surface area contributed by atoms with Gasteiger partial charge in [0.25, 0.3) is 0 Å². The molecule has 0 bridgehead atoms. The molecule has 0 aromatic heterocycles. The van der Waals surface area contributed by atoms with Gasteiger partial charge in [-0.15, -0.1) is 0 Å². The van der Waals surface area contributed by atoms with Crippen LogP contribution in [0.2, 0.25) is 47.7 Å². The van der Waals surface area contributed by atoms with Gasteiger partial charge in [-0.3, -0.25) is 0 Å². The van der Waals surface area contributed by atoms with Crippen molar-refractivity contribution in [1.29, 1.82) is 0 Å². The van der Waals surface area contributed by atoms with Gasteiger partial charge in [-0.2, -0.15) is 0 Å². The van der Waals surface area contributed by atoms with Crippen molar-refractivity contribution in [1.82, 2.24) is 4.90 Å². The maximum atomic E-state index is 2.68. The molecule has 94 valence electrons. The van der Waals surface area contributed by atoms with Crippen molar-refractivity contribution in [2.24, 2.45) is 0 Å². The molecule has 5 atom stereocenters. The second-order valence-electron chi connectivity index (χ2n) is 11.6. The summed E-state index contributed by atoms with van der Waals surface area (Å²) in [5.41, 5.74) is 0. The zero-order chi connectivity index (χ0) is 10.9. The van der Waals surface area contributed by atoms with Crippen LogP contribution in [0.1, 0.15) is 13.3 Å². The van der Waals surface area contributed by atoms with Crippen molar-refractivity contribution >= 4 is 0 Å². The normalized spacial score (nSPS) is 122. The van der Waals surface area contributed by atoms with Crippen LogP contribution in [0.25, 0.3) is 0 Å². The zero-order valence-electron chi connectivity index (χ0n) is 10.8. The number of hydrogen-bond donors (Lipinski definition) is 0. The van der Waals surface area contributed by atoms with Gasteiger partial charge < -0.3 is 0 Å². The molecule has 10 heterocycles. The average Bonchev–Trinajstić information content (AvgIpc) is 3.24. The Morgan fingerprint density at radius 3 is 1.59 bits per heavy atom. The molecule has 2 heteroatoms. The molecular formula is C15H21FeN. The summed E-state index contributed by atoms with van der Waals surface area (Å²) in [6.45, 7) is -0.266. The van der Waals surface area contributed by atoms with Gasteiger partial charge in [0.1, 0.15) is 0 Å². The summed E-state index contributed by atoms with van der Waals surface area (Å²) < 4.78 is 1.11. The Morgan fingerprint density at radius 2 is 1.41 bits per heavy atom. The predicted octanol–water partition coefficient (Wildman–Crippen LogP) is 4.09. The van der Waals surface area contributed by atoms with Crippen molar-refractivity contribution in [2.45, 2.75) is 67.0 Å². The number of hydrogen-bond acceptors (Lipinski definition) is 1. The van der Waals surface area contributed by atoms with Gasteiger partial charge in [0.05, 0.1) is 0 Å². The average molecular weight is 271 g/mol. The molecule has 0 radical (unpaired) electrons. The molecule has 10 saturated heterocycles. The molecule has 10 fully saturated rings. The molecule has 0 N–H and O–H groups in total. The second kappa shape index (κ2) is 0.540. The van der Waals surface area contributed by atoms with Gasteiger partial charge in [0.15, 0.2) is 0 Å². The molecule has 5 unspecified atom stereocenters. The van der Waals surface area contributed by atoms with Gasteiger partial charge in [0.2, 0.25) is 0 Å². The first-order valence-electron chi connectivity index (χ1n) is 7.81. The van der Waals surface area contributed by atoms with Crippen molar-refractivity contribution in [2.75, 3.05) is 14.1 Å². The van der Waals surface area contributed by atoms with E-state index in [0.29, 0.717) is 0 Å². The number of fused-ring (bicyclic) bond motifs is 10. The van der Waals surface area contributed by atoms with Crippen LogP contribution in [0.3, 0.4) is 0 Å². The first-order valence-corrected chi connectivity index (χ1v) is 14.1. The molecule has 10 rings (SSSR count). The van der Waals surface area contributed by atoms with Crippen molar-refractivity contribution < 1.29 is 6.51 Å². The van der Waals surface area contributed by atoms with E-state index in [9.17, 15) is 0 Å². The van der Waals surface area contributed by atoms with Crippen LogP contribution in [-0.2, 0) is 6.51 Å². The van der Waals surface area contributed by atoms with E-state index in [4.69, 9.17) is 0 Å². The first-order chi connectivity index (χ1) is 7.94. The van der Waals surface area contributed by atoms with Crippen LogP contribution in [-0.4, -0.2) is 25.0 Å². The molecule has 17 heavy (non-hydrogen) atoms. The fourth-order valence-corrected chi connectivity index (χ4v) is 93.8. The molecule has 0 amide bonds. The monoisotopic (exact) mass is 271 g/mol. The first kappa shape index (κ1) is 6.77. The summed E-state index contributed by atoms with van der Waals surface area (Å²) in [5, 5.41) is 0. The molecule has 10 aliphatic heterocycles. The molecule has 10 aliphatic rings. The third-order valence-corrected chi connectivity index (χ3v) is 59.0. The second-order valence-corrected chi connectivity index (χ2v) is 35.2. The third kappa shape index (κ3) is 0.0680. The standard InChI is InChI=1S/C10H16N.C5H5.Fe/c1-4-10(11(2)3)9-7-5-6-8-9;1-2-4-5-3-1;/h5-8,10H,4H2,1-3H3;1-5H;. The Morgan fingerprint density at radius 1 is 0.941 bits per heavy atom. The van der Waals surface area contributed by atoms with Crippen LogP contribution < -0.4 is 0 Å². The Balaban J connectivity index is 1.58. The third-order valence-electron chi connectivity index (χ3n) is 16.3. The van der Waals surface area contributed by atoms with E-state index in [1.54, 1.807) is 0 Å². The van der Waals surface area contributed by atoms with Crippen LogP contribution >= 0.6 is 0 Å². The predicted molar refractivity (Wildman–Crippen MR) is 64.2 cm³/mol. The molecule has 1 spiro atoms. The van der Waals surface area contributed by atoms with E-state index in [1.807, 2.05) is 0 Å². The zero-order valence-corrected chi connectivity index (χ0v) is 11.9. The van der Waals surface area contributed by atoms with Gasteiger partial charge >= 0.3 is 92.6 Å². The van der Waals surface area contributed by atoms with Crippen LogP contribution in [0, 0.1) is 0 Å². The fraction of sp³-hybridized carbons (Fsp3) is 1.00. The minimum atomic E-state index is -2.76. The van der Waals surface area contributed by atoms with Crippen LogP contribution in [0.4, 0.5) is 0 Å². The summed E-state index contributed by atoms with van der Waals surface area (Å²) in [6.07, 6.45) is 1.47. The maximum absolute atomic E-state index is 2.76. The molecule has 1 nitrogen and oxygen atoms in total. The van der Waals surface area contributed by atoms with Crippen LogP contribution in [0.5, 0.6) is 0 Å². The van der Waals surface area contributed by atoms with E-state index in [1.165, 1.54) is 49.8 Å². The van der Waals surface area contributed by atoms with Crippen molar-refractivity contribution in [3.05, 3.63) is 0 Å². The Labute approximate surface area is 92.6 Å². The number of nitrogens with zero attached hydrogens (tertiary/aromatic N) is 1. The SMILES string of the molecule is CCC(N(C)C)[C]12[CH]3[CH]4[CH]5[CH]1[Fe]45321678[CH]2[CH]1[CH]6[CH]7[CH]28. The molecular weight excluding hydrogens is 250 g/mol. The number of rotatable bonds is 3. The molecule has 0 saturated carbocycles. The van der Waals surface area contributed by atoms with E-state index < -0.39 is 6.51 Å². The fourth-order valence-electron chi connectivity index (χ4n) is 18.4. The summed E-state index contributed by atoms with van der Waals surface area (Å²) >= 11 is 0. The summed E-state index contributed by atoms with van der Waals surface area (Å²) in [5.74, 6) is 0. The van der Waals surface area contributed by atoms with Gasteiger partial charge in [-0.25, -0.2) is 0 Å². The quantitative estimate of drug-likeness (QED) is 0.699. The van der Waals surface area contributed by atoms with E-state index in [0.717, 1.165) is 10.4 Å². The van der Waals surface area contributed by atoms with Crippen molar-refractivity contribution in [3.63, 3.8) is 0 Å². The molecule has 0 aliphatic carbocycles. The topological polar surface area (TPSA) is 3.24 Å². The summed E-state index contributed by atoms with van der Waals surface area (Å²) in [7, 11) is 4.81. The van der Waals surface area contributed by atoms with Gasteiger partial charge in [-0.1, -0.05) is 0 Å². The van der Waals surface area contributed by atoms with E-state index in [2.05, 4.69) is 25.9 Å². The minimum absolute atomic E-state index is 1.04. The molecule has 0 aromatic rings. The Hall–Kier alpha value is 0.479. The Bertz CT molecular complexity index is 863. The Kier molecular flexibility index (Phi) is 0.215. The van der Waals surface area contributed by atoms with Gasteiger partial charge in [0, 0.05) is 0 Å². The molecule has 0 aromatic carbocycles. The van der Waals surface area contributed by atoms with Crippen molar-refractivity contribution in [3.8, 4) is 0 Å². The van der Waals surface area contributed by atoms with Crippen LogP contribution in [0.15, 0.2) is 0 Å². The summed E-state index contributed by atoms with van der Waals surface area (Å²) in [6, 6.07) is 1.04. The van der Waals surface area contributed by atoms with Gasteiger partial charge in [-0.05, 0) is 0 Å².